The molecule has 7 heteroatoms. The monoisotopic (exact) mass is 312 g/mol. The topological polar surface area (TPSA) is 87.7 Å². The van der Waals surface area contributed by atoms with Crippen molar-refractivity contribution in [2.45, 2.75) is 19.4 Å². The van der Waals surface area contributed by atoms with Crippen molar-refractivity contribution in [3.63, 3.8) is 0 Å². The van der Waals surface area contributed by atoms with Gasteiger partial charge in [0.25, 0.3) is 0 Å². The molecule has 2 atom stereocenters. The molecule has 1 saturated heterocycles. The van der Waals surface area contributed by atoms with Gasteiger partial charge in [0.05, 0.1) is 18.7 Å². The van der Waals surface area contributed by atoms with E-state index in [1.165, 1.54) is 14.0 Å². The Hall–Kier alpha value is -1.79. The van der Waals surface area contributed by atoms with Crippen LogP contribution in [-0.2, 0) is 9.59 Å². The van der Waals surface area contributed by atoms with Crippen molar-refractivity contribution in [1.82, 2.24) is 5.32 Å². The van der Waals surface area contributed by atoms with Gasteiger partial charge in [0, 0.05) is 30.1 Å². The van der Waals surface area contributed by atoms with Crippen molar-refractivity contribution in [2.75, 3.05) is 19.0 Å². The average molecular weight is 313 g/mol. The number of hydrogen-bond acceptors (Lipinski definition) is 4. The van der Waals surface area contributed by atoms with Crippen LogP contribution in [0.1, 0.15) is 24.9 Å². The second-order valence-corrected chi connectivity index (χ2v) is 5.36. The number of nitrogens with one attached hydrogen (secondary N) is 2. The van der Waals surface area contributed by atoms with E-state index >= 15 is 0 Å². The summed E-state index contributed by atoms with van der Waals surface area (Å²) in [7, 11) is 1.50. The lowest BCUT2D eigenvalue weighted by atomic mass is 9.98. The Kier molecular flexibility index (Phi) is 4.69. The standard InChI is InChI=1S/C14H17ClN2O4/c1-7(18)17-13-11(21-2)4-3-9(15)12(13)10-5-8(6-16-10)14(19)20/h3-4,8,10,16H,5-6H2,1-2H3,(H,17,18)(H,19,20). The van der Waals surface area contributed by atoms with E-state index in [0.29, 0.717) is 35.0 Å². The van der Waals surface area contributed by atoms with E-state index in [9.17, 15) is 9.59 Å². The van der Waals surface area contributed by atoms with Gasteiger partial charge in [-0.15, -0.1) is 0 Å². The van der Waals surface area contributed by atoms with E-state index in [1.54, 1.807) is 12.1 Å². The van der Waals surface area contributed by atoms with Crippen LogP contribution in [0.3, 0.4) is 0 Å². The molecule has 2 rings (SSSR count). The number of amides is 1. The fourth-order valence-electron chi connectivity index (χ4n) is 2.53. The summed E-state index contributed by atoms with van der Waals surface area (Å²) in [5, 5.41) is 15.4. The molecule has 1 aliphatic heterocycles. The Labute approximate surface area is 127 Å². The predicted molar refractivity (Wildman–Crippen MR) is 78.8 cm³/mol. The first kappa shape index (κ1) is 15.6. The molecule has 1 aromatic rings. The first-order valence-corrected chi connectivity index (χ1v) is 6.92. The molecule has 0 radical (unpaired) electrons. The van der Waals surface area contributed by atoms with Crippen LogP contribution in [-0.4, -0.2) is 30.6 Å². The maximum Gasteiger partial charge on any atom is 0.307 e. The summed E-state index contributed by atoms with van der Waals surface area (Å²) in [5.41, 5.74) is 1.15. The molecular formula is C14H17ClN2O4. The highest BCUT2D eigenvalue weighted by atomic mass is 35.5. The van der Waals surface area contributed by atoms with Crippen LogP contribution in [0.15, 0.2) is 12.1 Å². The lowest BCUT2D eigenvalue weighted by molar-refractivity contribution is -0.141. The van der Waals surface area contributed by atoms with Crippen molar-refractivity contribution in [2.24, 2.45) is 5.92 Å². The highest BCUT2D eigenvalue weighted by Crippen LogP contribution is 2.41. The molecule has 1 aliphatic rings. The predicted octanol–water partition coefficient (Wildman–Crippen LogP) is 2.04. The zero-order chi connectivity index (χ0) is 15.6. The summed E-state index contributed by atoms with van der Waals surface area (Å²) in [6, 6.07) is 3.10. The fourth-order valence-corrected chi connectivity index (χ4v) is 2.82. The smallest absolute Gasteiger partial charge is 0.307 e. The minimum absolute atomic E-state index is 0.240. The molecule has 1 heterocycles. The quantitative estimate of drug-likeness (QED) is 0.792. The number of carbonyl (C=O) groups excluding carboxylic acids is 1. The molecule has 0 spiro atoms. The van der Waals surface area contributed by atoms with E-state index in [4.69, 9.17) is 21.4 Å². The van der Waals surface area contributed by atoms with Gasteiger partial charge in [-0.25, -0.2) is 0 Å². The van der Waals surface area contributed by atoms with Crippen LogP contribution in [0.5, 0.6) is 5.75 Å². The molecule has 1 aromatic carbocycles. The highest BCUT2D eigenvalue weighted by Gasteiger charge is 2.33. The highest BCUT2D eigenvalue weighted by molar-refractivity contribution is 6.32. The molecule has 114 valence electrons. The van der Waals surface area contributed by atoms with Gasteiger partial charge in [0.1, 0.15) is 5.75 Å². The molecule has 0 bridgehead atoms. The van der Waals surface area contributed by atoms with Gasteiger partial charge in [-0.2, -0.15) is 0 Å². The molecule has 1 fully saturated rings. The summed E-state index contributed by atoms with van der Waals surface area (Å²) in [6.07, 6.45) is 0.412. The normalized spacial score (nSPS) is 21.1. The molecule has 2 unspecified atom stereocenters. The number of benzene rings is 1. The number of hydrogen-bond donors (Lipinski definition) is 3. The van der Waals surface area contributed by atoms with Crippen LogP contribution in [0.25, 0.3) is 0 Å². The fraction of sp³-hybridized carbons (Fsp3) is 0.429. The lowest BCUT2D eigenvalue weighted by Gasteiger charge is -2.20. The van der Waals surface area contributed by atoms with E-state index in [2.05, 4.69) is 10.6 Å². The maximum atomic E-state index is 11.4. The SMILES string of the molecule is COc1ccc(Cl)c(C2CC(C(=O)O)CN2)c1NC(C)=O. The van der Waals surface area contributed by atoms with Gasteiger partial charge in [-0.1, -0.05) is 11.6 Å². The summed E-state index contributed by atoms with van der Waals surface area (Å²) >= 11 is 6.25. The number of rotatable bonds is 4. The van der Waals surface area contributed by atoms with Gasteiger partial charge >= 0.3 is 5.97 Å². The third-order valence-electron chi connectivity index (χ3n) is 3.50. The third-order valence-corrected chi connectivity index (χ3v) is 3.83. The number of aliphatic carboxylic acids is 1. The molecular weight excluding hydrogens is 296 g/mol. The van der Waals surface area contributed by atoms with E-state index < -0.39 is 11.9 Å². The van der Waals surface area contributed by atoms with Crippen molar-refractivity contribution < 1.29 is 19.4 Å². The van der Waals surface area contributed by atoms with Crippen molar-refractivity contribution in [1.29, 1.82) is 0 Å². The van der Waals surface area contributed by atoms with Crippen molar-refractivity contribution in [3.05, 3.63) is 22.7 Å². The summed E-state index contributed by atoms with van der Waals surface area (Å²) in [4.78, 5) is 22.5. The summed E-state index contributed by atoms with van der Waals surface area (Å²) in [6.45, 7) is 1.76. The molecule has 0 aliphatic carbocycles. The van der Waals surface area contributed by atoms with Gasteiger partial charge in [0.15, 0.2) is 0 Å². The summed E-state index contributed by atoms with van der Waals surface area (Å²) in [5.74, 6) is -1.07. The van der Waals surface area contributed by atoms with Gasteiger partial charge in [-0.3, -0.25) is 9.59 Å². The number of anilines is 1. The number of carboxylic acids is 1. The van der Waals surface area contributed by atoms with Crippen LogP contribution in [0.2, 0.25) is 5.02 Å². The first-order chi connectivity index (χ1) is 9.93. The van der Waals surface area contributed by atoms with Gasteiger partial charge in [0.2, 0.25) is 5.91 Å². The van der Waals surface area contributed by atoms with Crippen molar-refractivity contribution >= 4 is 29.2 Å². The van der Waals surface area contributed by atoms with Crippen LogP contribution >= 0.6 is 11.6 Å². The van der Waals surface area contributed by atoms with Crippen LogP contribution in [0, 0.1) is 5.92 Å². The lowest BCUT2D eigenvalue weighted by Crippen LogP contribution is -2.19. The zero-order valence-electron chi connectivity index (χ0n) is 11.8. The molecule has 1 amide bonds. The molecule has 3 N–H and O–H groups in total. The van der Waals surface area contributed by atoms with Crippen LogP contribution < -0.4 is 15.4 Å². The van der Waals surface area contributed by atoms with Crippen LogP contribution in [0.4, 0.5) is 5.69 Å². The first-order valence-electron chi connectivity index (χ1n) is 6.54. The second-order valence-electron chi connectivity index (χ2n) is 4.95. The maximum absolute atomic E-state index is 11.4. The Morgan fingerprint density at radius 3 is 2.71 bits per heavy atom. The number of ether oxygens (including phenoxy) is 1. The van der Waals surface area contributed by atoms with Gasteiger partial charge in [-0.05, 0) is 18.6 Å². The molecule has 0 aromatic heterocycles. The van der Waals surface area contributed by atoms with Crippen molar-refractivity contribution in [3.8, 4) is 5.75 Å². The molecule has 21 heavy (non-hydrogen) atoms. The minimum Gasteiger partial charge on any atom is -0.495 e. The van der Waals surface area contributed by atoms with E-state index in [-0.39, 0.29) is 11.9 Å². The largest absolute Gasteiger partial charge is 0.495 e. The summed E-state index contributed by atoms with van der Waals surface area (Å²) < 4.78 is 5.26. The molecule has 6 nitrogen and oxygen atoms in total. The number of carbonyl (C=O) groups is 2. The third kappa shape index (κ3) is 3.28. The Morgan fingerprint density at radius 2 is 2.19 bits per heavy atom. The minimum atomic E-state index is -0.843. The zero-order valence-corrected chi connectivity index (χ0v) is 12.5. The number of halogens is 1. The van der Waals surface area contributed by atoms with E-state index in [1.807, 2.05) is 0 Å². The Balaban J connectivity index is 2.42. The number of methoxy groups -OCH3 is 1. The Morgan fingerprint density at radius 1 is 1.48 bits per heavy atom. The van der Waals surface area contributed by atoms with Gasteiger partial charge < -0.3 is 20.5 Å². The second kappa shape index (κ2) is 6.32. The van der Waals surface area contributed by atoms with E-state index in [0.717, 1.165) is 0 Å². The Bertz CT molecular complexity index is 576. The molecule has 0 saturated carbocycles. The average Bonchev–Trinajstić information content (AvgIpc) is 2.88. The number of carboxylic acid groups (broad SMARTS) is 1.